The van der Waals surface area contributed by atoms with Gasteiger partial charge >= 0.3 is 25.2 Å². The summed E-state index contributed by atoms with van der Waals surface area (Å²) in [5.41, 5.74) is 0. The van der Waals surface area contributed by atoms with E-state index < -0.39 is 25.2 Å². The van der Waals surface area contributed by atoms with E-state index in [0.717, 1.165) is 0 Å². The zero-order valence-electron chi connectivity index (χ0n) is 16.4. The van der Waals surface area contributed by atoms with Crippen LogP contribution in [0.2, 0.25) is 12.1 Å². The maximum atomic E-state index is 12.3. The van der Waals surface area contributed by atoms with Crippen molar-refractivity contribution in [2.24, 2.45) is 0 Å². The van der Waals surface area contributed by atoms with Gasteiger partial charge in [0.2, 0.25) is 0 Å². The van der Waals surface area contributed by atoms with E-state index in [-0.39, 0.29) is 13.2 Å². The van der Waals surface area contributed by atoms with E-state index in [0.29, 0.717) is 24.9 Å². The molecule has 0 aromatic rings. The molecule has 0 aromatic carbocycles. The second-order valence-electron chi connectivity index (χ2n) is 5.24. The van der Waals surface area contributed by atoms with E-state index in [2.05, 4.69) is 0 Å². The van der Waals surface area contributed by atoms with Gasteiger partial charge in [0.05, 0.1) is 13.2 Å². The van der Waals surface area contributed by atoms with Crippen LogP contribution in [-0.4, -0.2) is 80.1 Å². The van der Waals surface area contributed by atoms with Crippen LogP contribution < -0.4 is 0 Å². The summed E-state index contributed by atoms with van der Waals surface area (Å²) >= 11 is 0. The molecule has 0 atom stereocenters. The second kappa shape index (κ2) is 12.7. The first-order valence-electron chi connectivity index (χ1n) is 7.95. The van der Waals surface area contributed by atoms with Crippen molar-refractivity contribution in [3.05, 3.63) is 0 Å². The third-order valence-corrected chi connectivity index (χ3v) is 10.7. The fourth-order valence-electron chi connectivity index (χ4n) is 2.19. The number of hydrogen-bond donors (Lipinski definition) is 0. The van der Waals surface area contributed by atoms with Crippen LogP contribution in [0, 0.1) is 0 Å². The molecule has 12 heteroatoms. The molecular weight excluding hydrogens is 387 g/mol. The van der Waals surface area contributed by atoms with E-state index in [1.807, 2.05) is 0 Å². The summed E-state index contributed by atoms with van der Waals surface area (Å²) < 4.78 is 54.9. The van der Waals surface area contributed by atoms with Crippen LogP contribution in [0.4, 0.5) is 0 Å². The predicted molar refractivity (Wildman–Crippen MR) is 97.8 cm³/mol. The molecule has 0 aliphatic rings. The molecule has 0 saturated heterocycles. The molecule has 0 unspecified atom stereocenters. The van der Waals surface area contributed by atoms with Gasteiger partial charge in [-0.1, -0.05) is 0 Å². The van der Waals surface area contributed by atoms with Crippen molar-refractivity contribution in [3.63, 3.8) is 0 Å². The van der Waals surface area contributed by atoms with Crippen LogP contribution >= 0.6 is 7.60 Å². The maximum Gasteiger partial charge on any atom is 0.500 e. The van der Waals surface area contributed by atoms with Gasteiger partial charge in [0, 0.05) is 61.4 Å². The lowest BCUT2D eigenvalue weighted by molar-refractivity contribution is 0.118. The molecule has 0 amide bonds. The van der Waals surface area contributed by atoms with Crippen LogP contribution in [0.15, 0.2) is 0 Å². The largest absolute Gasteiger partial charge is 0.500 e. The fraction of sp³-hybridized carbons (Fsp3) is 1.00. The van der Waals surface area contributed by atoms with Crippen molar-refractivity contribution >= 4 is 25.2 Å². The molecule has 0 aliphatic heterocycles. The molecule has 25 heavy (non-hydrogen) atoms. The predicted octanol–water partition coefficient (Wildman–Crippen LogP) is 2.38. The van der Waals surface area contributed by atoms with E-state index in [1.54, 1.807) is 42.7 Å². The first-order chi connectivity index (χ1) is 11.8. The van der Waals surface area contributed by atoms with Crippen LogP contribution in [0.3, 0.4) is 0 Å². The fourth-order valence-corrected chi connectivity index (χ4v) is 6.56. The molecule has 0 radical (unpaired) electrons. The Labute approximate surface area is 153 Å². The summed E-state index contributed by atoms with van der Waals surface area (Å²) in [5.74, 6) is 0. The van der Waals surface area contributed by atoms with Crippen molar-refractivity contribution in [3.8, 4) is 0 Å². The average Bonchev–Trinajstić information content (AvgIpc) is 2.63. The smallest absolute Gasteiger partial charge is 0.377 e. The molecule has 0 heterocycles. The Hall–Kier alpha value is 0.344. The van der Waals surface area contributed by atoms with Gasteiger partial charge in [0.25, 0.3) is 0 Å². The van der Waals surface area contributed by atoms with Crippen molar-refractivity contribution in [2.75, 3.05) is 62.5 Å². The van der Waals surface area contributed by atoms with Gasteiger partial charge in [-0.2, -0.15) is 0 Å². The first kappa shape index (κ1) is 25.3. The quantitative estimate of drug-likeness (QED) is 0.212. The molecular formula is C13H33O9PSi2. The normalized spacial score (nSPS) is 13.4. The highest BCUT2D eigenvalue weighted by Crippen LogP contribution is 2.44. The molecule has 0 spiro atoms. The summed E-state index contributed by atoms with van der Waals surface area (Å²) in [5, 5.41) is 0. The van der Waals surface area contributed by atoms with Crippen molar-refractivity contribution in [1.29, 1.82) is 0 Å². The Morgan fingerprint density at radius 3 is 1.16 bits per heavy atom. The Balaban J connectivity index is 4.12. The molecule has 0 bridgehead atoms. The van der Waals surface area contributed by atoms with Crippen LogP contribution in [0.25, 0.3) is 0 Å². The topological polar surface area (TPSA) is 90.9 Å². The summed E-state index contributed by atoms with van der Waals surface area (Å²) in [6, 6.07) is 1.14. The molecule has 0 N–H and O–H groups in total. The molecule has 0 rings (SSSR count). The Bertz CT molecular complexity index is 343. The standard InChI is InChI=1S/C13H33O9PSi2/c1-15-24(16-2,17-3)12-8-10-21-23(7,14)22-11-9-13-25(18-4,19-5)20-6/h8-13H2,1-7H3. The zero-order valence-corrected chi connectivity index (χ0v) is 19.3. The van der Waals surface area contributed by atoms with Gasteiger partial charge in [0.15, 0.2) is 0 Å². The van der Waals surface area contributed by atoms with Crippen molar-refractivity contribution in [1.82, 2.24) is 0 Å². The Morgan fingerprint density at radius 1 is 0.640 bits per heavy atom. The first-order valence-corrected chi connectivity index (χ1v) is 13.8. The molecule has 9 nitrogen and oxygen atoms in total. The van der Waals surface area contributed by atoms with Gasteiger partial charge < -0.3 is 35.6 Å². The molecule has 0 fully saturated rings. The molecule has 0 saturated carbocycles. The van der Waals surface area contributed by atoms with Gasteiger partial charge in [-0.3, -0.25) is 4.57 Å². The second-order valence-corrected chi connectivity index (χ2v) is 13.5. The van der Waals surface area contributed by atoms with Crippen LogP contribution in [0.1, 0.15) is 12.8 Å². The summed E-state index contributed by atoms with van der Waals surface area (Å²) in [6.45, 7) is 1.99. The lowest BCUT2D eigenvalue weighted by Gasteiger charge is -2.25. The van der Waals surface area contributed by atoms with Crippen molar-refractivity contribution in [2.45, 2.75) is 24.9 Å². The summed E-state index contributed by atoms with van der Waals surface area (Å²) in [6.07, 6.45) is 1.19. The average molecular weight is 421 g/mol. The van der Waals surface area contributed by atoms with E-state index >= 15 is 0 Å². The Morgan fingerprint density at radius 2 is 0.920 bits per heavy atom. The van der Waals surface area contributed by atoms with Gasteiger partial charge in [-0.15, -0.1) is 0 Å². The minimum Gasteiger partial charge on any atom is -0.377 e. The highest BCUT2D eigenvalue weighted by atomic mass is 31.2. The minimum atomic E-state index is -3.12. The molecule has 0 aromatic heterocycles. The number of rotatable bonds is 16. The van der Waals surface area contributed by atoms with E-state index in [1.165, 1.54) is 6.66 Å². The highest BCUT2D eigenvalue weighted by molar-refractivity contribution is 7.52. The van der Waals surface area contributed by atoms with E-state index in [9.17, 15) is 4.57 Å². The van der Waals surface area contributed by atoms with Crippen LogP contribution in [0.5, 0.6) is 0 Å². The molecule has 152 valence electrons. The number of hydrogen-bond acceptors (Lipinski definition) is 9. The van der Waals surface area contributed by atoms with Crippen LogP contribution in [-0.2, 0) is 40.2 Å². The monoisotopic (exact) mass is 420 g/mol. The zero-order chi connectivity index (χ0) is 19.4. The third-order valence-electron chi connectivity index (χ3n) is 3.77. The van der Waals surface area contributed by atoms with E-state index in [4.69, 9.17) is 35.6 Å². The van der Waals surface area contributed by atoms with Gasteiger partial charge in [-0.25, -0.2) is 0 Å². The van der Waals surface area contributed by atoms with Gasteiger partial charge in [0.1, 0.15) is 0 Å². The lowest BCUT2D eigenvalue weighted by atomic mass is 10.5. The minimum absolute atomic E-state index is 0.269. The maximum absolute atomic E-state index is 12.3. The molecule has 0 aliphatic carbocycles. The highest BCUT2D eigenvalue weighted by Gasteiger charge is 2.38. The Kier molecular flexibility index (Phi) is 12.9. The van der Waals surface area contributed by atoms with Crippen molar-refractivity contribution < 1.29 is 40.2 Å². The third kappa shape index (κ3) is 9.20. The lowest BCUT2D eigenvalue weighted by Crippen LogP contribution is -2.42. The van der Waals surface area contributed by atoms with Gasteiger partial charge in [-0.05, 0) is 12.8 Å². The SMILES string of the molecule is CO[Si](CCCOP(C)(=O)OCCC[Si](OC)(OC)OC)(OC)OC. The summed E-state index contributed by atoms with van der Waals surface area (Å²) in [4.78, 5) is 0. The summed E-state index contributed by atoms with van der Waals surface area (Å²) in [7, 11) is 0.943.